The van der Waals surface area contributed by atoms with Crippen LogP contribution in [0.15, 0.2) is 18.2 Å². The maximum atomic E-state index is 11.7. The van der Waals surface area contributed by atoms with Gasteiger partial charge in [0.1, 0.15) is 0 Å². The van der Waals surface area contributed by atoms with Crippen LogP contribution >= 0.6 is 0 Å². The molecule has 1 saturated heterocycles. The monoisotopic (exact) mass is 292 g/mol. The zero-order valence-corrected chi connectivity index (χ0v) is 12.3. The second-order valence-electron chi connectivity index (χ2n) is 5.06. The van der Waals surface area contributed by atoms with Crippen molar-refractivity contribution in [3.63, 3.8) is 0 Å². The molecule has 1 aliphatic rings. The van der Waals surface area contributed by atoms with Gasteiger partial charge in [0.2, 0.25) is 0 Å². The van der Waals surface area contributed by atoms with Crippen molar-refractivity contribution in [2.24, 2.45) is 0 Å². The van der Waals surface area contributed by atoms with Crippen molar-refractivity contribution >= 4 is 21.3 Å². The van der Waals surface area contributed by atoms with Gasteiger partial charge in [0.05, 0.1) is 23.1 Å². The van der Waals surface area contributed by atoms with Crippen LogP contribution in [-0.4, -0.2) is 38.3 Å². The summed E-state index contributed by atoms with van der Waals surface area (Å²) in [4.78, 5) is 13.6. The maximum absolute atomic E-state index is 11.7. The molecule has 1 heterocycles. The Bertz CT molecular complexity index is 689. The summed E-state index contributed by atoms with van der Waals surface area (Å²) in [6.45, 7) is 3.63. The van der Waals surface area contributed by atoms with Crippen LogP contribution in [0.4, 0.5) is 5.69 Å². The van der Waals surface area contributed by atoms with Gasteiger partial charge in [0.25, 0.3) is 0 Å². The number of Topliss-reactive ketones (excluding diaryl/α,β-unsaturated/α-hetero) is 1. The van der Waals surface area contributed by atoms with E-state index in [1.165, 1.54) is 6.92 Å². The Morgan fingerprint density at radius 1 is 1.45 bits per heavy atom. The van der Waals surface area contributed by atoms with Crippen LogP contribution in [0.2, 0.25) is 0 Å². The Balaban J connectivity index is 2.46. The molecule has 20 heavy (non-hydrogen) atoms. The number of ketones is 1. The van der Waals surface area contributed by atoms with E-state index in [9.17, 15) is 13.2 Å². The lowest BCUT2D eigenvalue weighted by Gasteiger charge is -2.36. The Hall–Kier alpha value is -1.87. The fourth-order valence-corrected chi connectivity index (χ4v) is 4.05. The van der Waals surface area contributed by atoms with Gasteiger partial charge in [-0.05, 0) is 32.0 Å². The standard InChI is InChI=1S/C14H16N2O3S/c1-10-9-20(18,19)6-5-16(10)14-7-12(8-15)3-4-13(14)11(2)17/h3-4,7,10H,5-6,9H2,1-2H3. The number of nitrogens with zero attached hydrogens (tertiary/aromatic N) is 2. The number of carbonyl (C=O) groups is 1. The molecule has 0 aromatic heterocycles. The quantitative estimate of drug-likeness (QED) is 0.770. The third-order valence-corrected chi connectivity index (χ3v) is 5.28. The van der Waals surface area contributed by atoms with E-state index in [4.69, 9.17) is 5.26 Å². The molecule has 0 N–H and O–H groups in total. The molecule has 0 bridgehead atoms. The number of sulfone groups is 1. The van der Waals surface area contributed by atoms with Gasteiger partial charge in [-0.1, -0.05) is 0 Å². The molecule has 1 atom stereocenters. The molecule has 0 aliphatic carbocycles. The van der Waals surface area contributed by atoms with Crippen molar-refractivity contribution in [2.75, 3.05) is 23.0 Å². The highest BCUT2D eigenvalue weighted by molar-refractivity contribution is 7.91. The van der Waals surface area contributed by atoms with Gasteiger partial charge in [0.15, 0.2) is 15.6 Å². The summed E-state index contributed by atoms with van der Waals surface area (Å²) in [5, 5.41) is 8.99. The van der Waals surface area contributed by atoms with Crippen LogP contribution in [0.25, 0.3) is 0 Å². The van der Waals surface area contributed by atoms with Crippen LogP contribution in [-0.2, 0) is 9.84 Å². The number of carbonyl (C=O) groups excluding carboxylic acids is 1. The summed E-state index contributed by atoms with van der Waals surface area (Å²) in [7, 11) is -3.01. The summed E-state index contributed by atoms with van der Waals surface area (Å²) in [5.41, 5.74) is 1.64. The van der Waals surface area contributed by atoms with Gasteiger partial charge >= 0.3 is 0 Å². The van der Waals surface area contributed by atoms with Crippen LogP contribution in [0.3, 0.4) is 0 Å². The summed E-state index contributed by atoms with van der Waals surface area (Å²) < 4.78 is 23.3. The first-order valence-electron chi connectivity index (χ1n) is 6.36. The predicted molar refractivity (Wildman–Crippen MR) is 76.6 cm³/mol. The minimum Gasteiger partial charge on any atom is -0.366 e. The normalized spacial score (nSPS) is 21.2. The summed E-state index contributed by atoms with van der Waals surface area (Å²) in [6, 6.07) is 6.73. The molecule has 1 aliphatic heterocycles. The number of rotatable bonds is 2. The first kappa shape index (κ1) is 14.5. The summed E-state index contributed by atoms with van der Waals surface area (Å²) in [5.74, 6) is 0.0529. The third-order valence-electron chi connectivity index (χ3n) is 3.49. The SMILES string of the molecule is CC(=O)c1ccc(C#N)cc1N1CCS(=O)(=O)CC1C. The molecule has 6 heteroatoms. The number of hydrogen-bond donors (Lipinski definition) is 0. The summed E-state index contributed by atoms with van der Waals surface area (Å²) >= 11 is 0. The first-order chi connectivity index (χ1) is 9.34. The van der Waals surface area contributed by atoms with Crippen LogP contribution < -0.4 is 4.90 Å². The van der Waals surface area contributed by atoms with Crippen LogP contribution in [0.5, 0.6) is 0 Å². The van der Waals surface area contributed by atoms with E-state index >= 15 is 0 Å². The average Bonchev–Trinajstić information content (AvgIpc) is 2.36. The van der Waals surface area contributed by atoms with Crippen molar-refractivity contribution in [3.05, 3.63) is 29.3 Å². The number of anilines is 1. The molecule has 0 radical (unpaired) electrons. The van der Waals surface area contributed by atoms with Crippen molar-refractivity contribution in [1.82, 2.24) is 0 Å². The van der Waals surface area contributed by atoms with E-state index in [0.29, 0.717) is 23.4 Å². The van der Waals surface area contributed by atoms with E-state index < -0.39 is 9.84 Å². The highest BCUT2D eigenvalue weighted by atomic mass is 32.2. The van der Waals surface area contributed by atoms with Gasteiger partial charge < -0.3 is 4.90 Å². The average molecular weight is 292 g/mol. The molecule has 2 rings (SSSR count). The zero-order chi connectivity index (χ0) is 14.9. The van der Waals surface area contributed by atoms with Gasteiger partial charge in [-0.15, -0.1) is 0 Å². The van der Waals surface area contributed by atoms with E-state index in [1.807, 2.05) is 17.9 Å². The summed E-state index contributed by atoms with van der Waals surface area (Å²) in [6.07, 6.45) is 0. The topological polar surface area (TPSA) is 78.2 Å². The lowest BCUT2D eigenvalue weighted by molar-refractivity contribution is 0.101. The molecule has 0 saturated carbocycles. The largest absolute Gasteiger partial charge is 0.366 e. The van der Waals surface area contributed by atoms with Gasteiger partial charge in [-0.25, -0.2) is 8.42 Å². The molecule has 0 spiro atoms. The smallest absolute Gasteiger partial charge is 0.161 e. The van der Waals surface area contributed by atoms with Gasteiger partial charge in [-0.2, -0.15) is 5.26 Å². The van der Waals surface area contributed by atoms with Crippen LogP contribution in [0.1, 0.15) is 29.8 Å². The third kappa shape index (κ3) is 2.83. The fourth-order valence-electron chi connectivity index (χ4n) is 2.49. The lowest BCUT2D eigenvalue weighted by atomic mass is 10.0. The molecule has 1 aromatic carbocycles. The van der Waals surface area contributed by atoms with E-state index in [2.05, 4.69) is 0 Å². The first-order valence-corrected chi connectivity index (χ1v) is 8.18. The Labute approximate surface area is 118 Å². The second-order valence-corrected chi connectivity index (χ2v) is 7.29. The maximum Gasteiger partial charge on any atom is 0.161 e. The minimum atomic E-state index is -3.01. The Morgan fingerprint density at radius 3 is 2.70 bits per heavy atom. The lowest BCUT2D eigenvalue weighted by Crippen LogP contribution is -2.47. The highest BCUT2D eigenvalue weighted by Gasteiger charge is 2.30. The molecule has 1 aromatic rings. The van der Waals surface area contributed by atoms with E-state index in [1.54, 1.807) is 18.2 Å². The zero-order valence-electron chi connectivity index (χ0n) is 11.5. The molecule has 5 nitrogen and oxygen atoms in total. The molecule has 0 amide bonds. The van der Waals surface area contributed by atoms with E-state index in [0.717, 1.165) is 0 Å². The van der Waals surface area contributed by atoms with E-state index in [-0.39, 0.29) is 23.3 Å². The number of benzene rings is 1. The number of hydrogen-bond acceptors (Lipinski definition) is 5. The van der Waals surface area contributed by atoms with Crippen molar-refractivity contribution < 1.29 is 13.2 Å². The second kappa shape index (κ2) is 5.25. The molecular weight excluding hydrogens is 276 g/mol. The van der Waals surface area contributed by atoms with Crippen LogP contribution in [0, 0.1) is 11.3 Å². The molecule has 1 unspecified atom stereocenters. The number of nitriles is 1. The molecular formula is C14H16N2O3S. The predicted octanol–water partition coefficient (Wildman–Crippen LogP) is 1.38. The molecule has 106 valence electrons. The fraction of sp³-hybridized carbons (Fsp3) is 0.429. The van der Waals surface area contributed by atoms with Gasteiger partial charge in [-0.3, -0.25) is 4.79 Å². The minimum absolute atomic E-state index is 0.0706. The molecule has 1 fully saturated rings. The Morgan fingerprint density at radius 2 is 2.15 bits per heavy atom. The van der Waals surface area contributed by atoms with Crippen molar-refractivity contribution in [1.29, 1.82) is 5.26 Å². The van der Waals surface area contributed by atoms with Gasteiger partial charge in [0, 0.05) is 23.8 Å². The van der Waals surface area contributed by atoms with Crippen molar-refractivity contribution in [3.8, 4) is 6.07 Å². The highest BCUT2D eigenvalue weighted by Crippen LogP contribution is 2.27. The van der Waals surface area contributed by atoms with Crippen molar-refractivity contribution in [2.45, 2.75) is 19.9 Å². The Kier molecular flexibility index (Phi) is 3.82.